The van der Waals surface area contributed by atoms with Crippen LogP contribution in [0.1, 0.15) is 31.0 Å². The topological polar surface area (TPSA) is 73.7 Å². The molecule has 1 aromatic heterocycles. The van der Waals surface area contributed by atoms with Crippen LogP contribution in [0.25, 0.3) is 0 Å². The van der Waals surface area contributed by atoms with Gasteiger partial charge in [-0.05, 0) is 49.2 Å². The molecule has 1 heterocycles. The number of benzene rings is 2. The zero-order valence-corrected chi connectivity index (χ0v) is 19.1. The normalized spacial score (nSPS) is 11.9. The minimum atomic E-state index is -4.47. The van der Waals surface area contributed by atoms with Gasteiger partial charge in [0, 0.05) is 19.1 Å². The average molecular weight is 466 g/mol. The second kappa shape index (κ2) is 9.66. The lowest BCUT2D eigenvalue weighted by atomic mass is 10.2. The van der Waals surface area contributed by atoms with Crippen molar-refractivity contribution in [1.29, 1.82) is 0 Å². The van der Waals surface area contributed by atoms with Gasteiger partial charge in [-0.1, -0.05) is 24.3 Å². The number of hydrogen-bond donors (Lipinski definition) is 0. The van der Waals surface area contributed by atoms with Crippen molar-refractivity contribution in [3.63, 3.8) is 0 Å². The van der Waals surface area contributed by atoms with Crippen LogP contribution in [0.2, 0.25) is 0 Å². The van der Waals surface area contributed by atoms with Gasteiger partial charge in [-0.2, -0.15) is 18.2 Å². The Kier molecular flexibility index (Phi) is 7.15. The van der Waals surface area contributed by atoms with Crippen LogP contribution in [0.5, 0.6) is 11.5 Å². The molecule has 0 fully saturated rings. The van der Waals surface area contributed by atoms with Gasteiger partial charge in [-0.25, -0.2) is 13.1 Å². The van der Waals surface area contributed by atoms with Gasteiger partial charge in [-0.15, -0.1) is 0 Å². The number of methoxy groups -OCH3 is 2. The van der Waals surface area contributed by atoms with Gasteiger partial charge in [0.2, 0.25) is 16.8 Å². The van der Waals surface area contributed by atoms with Crippen molar-refractivity contribution < 1.29 is 26.7 Å². The maximum absolute atomic E-state index is 14.6. The van der Waals surface area contributed by atoms with Crippen molar-refractivity contribution in [1.82, 2.24) is 14.1 Å². The summed E-state index contributed by atoms with van der Waals surface area (Å²) in [7, 11) is -1.42. The summed E-state index contributed by atoms with van der Waals surface area (Å²) in [5.41, 5.74) is 1.29. The van der Waals surface area contributed by atoms with Crippen molar-refractivity contribution in [2.45, 2.75) is 38.0 Å². The second-order valence-corrected chi connectivity index (χ2v) is 9.27. The Morgan fingerprint density at radius 1 is 0.906 bits per heavy atom. The molecule has 0 spiro atoms. The molecular formula is C22H25F2N3O4S. The molecule has 0 unspecified atom stereocenters. The molecule has 7 nitrogen and oxygen atoms in total. The van der Waals surface area contributed by atoms with Crippen LogP contribution in [0.4, 0.5) is 8.78 Å². The molecule has 0 aliphatic rings. The highest BCUT2D eigenvalue weighted by Crippen LogP contribution is 2.26. The van der Waals surface area contributed by atoms with E-state index in [1.54, 1.807) is 62.4 Å². The first-order valence-corrected chi connectivity index (χ1v) is 11.3. The highest BCUT2D eigenvalue weighted by Gasteiger charge is 2.34. The Hall–Kier alpha value is -2.98. The number of hydrogen-bond acceptors (Lipinski definition) is 5. The van der Waals surface area contributed by atoms with Crippen molar-refractivity contribution in [3.05, 3.63) is 71.4 Å². The quantitative estimate of drug-likeness (QED) is 0.475. The molecule has 2 aromatic carbocycles. The zero-order chi connectivity index (χ0) is 23.5. The highest BCUT2D eigenvalue weighted by atomic mass is 32.2. The van der Waals surface area contributed by atoms with E-state index >= 15 is 0 Å². The smallest absolute Gasteiger partial charge is 0.266 e. The predicted octanol–water partition coefficient (Wildman–Crippen LogP) is 4.15. The molecule has 172 valence electrons. The lowest BCUT2D eigenvalue weighted by Gasteiger charge is -2.21. The van der Waals surface area contributed by atoms with Gasteiger partial charge in [0.1, 0.15) is 11.5 Å². The summed E-state index contributed by atoms with van der Waals surface area (Å²) in [4.78, 5) is 0. The molecule has 3 aromatic rings. The Labute approximate surface area is 186 Å². The maximum atomic E-state index is 14.6. The summed E-state index contributed by atoms with van der Waals surface area (Å²) >= 11 is 0. The first kappa shape index (κ1) is 23.7. The Morgan fingerprint density at radius 2 is 1.34 bits per heavy atom. The summed E-state index contributed by atoms with van der Waals surface area (Å²) in [5.74, 6) is -1.58. The molecule has 0 saturated carbocycles. The molecular weight excluding hydrogens is 440 g/mol. The Bertz CT molecular complexity index is 1110. The summed E-state index contributed by atoms with van der Waals surface area (Å²) < 4.78 is 67.8. The predicted molar refractivity (Wildman–Crippen MR) is 115 cm³/mol. The van der Waals surface area contributed by atoms with E-state index in [1.807, 2.05) is 0 Å². The molecule has 0 aliphatic carbocycles. The molecule has 0 aliphatic heterocycles. The first-order chi connectivity index (χ1) is 15.2. The largest absolute Gasteiger partial charge is 0.497 e. The summed E-state index contributed by atoms with van der Waals surface area (Å²) in [6, 6.07) is 13.1. The molecule has 0 radical (unpaired) electrons. The highest BCUT2D eigenvalue weighted by molar-refractivity contribution is 7.89. The van der Waals surface area contributed by atoms with E-state index < -0.39 is 32.9 Å². The number of nitrogens with zero attached hydrogens (tertiary/aromatic N) is 3. The molecule has 3 rings (SSSR count). The van der Waals surface area contributed by atoms with Crippen LogP contribution in [-0.2, 0) is 23.1 Å². The van der Waals surface area contributed by atoms with E-state index in [4.69, 9.17) is 9.47 Å². The summed E-state index contributed by atoms with van der Waals surface area (Å²) in [6.45, 7) is 3.01. The number of aromatic nitrogens is 2. The van der Waals surface area contributed by atoms with Crippen molar-refractivity contribution in [3.8, 4) is 11.5 Å². The van der Waals surface area contributed by atoms with Gasteiger partial charge < -0.3 is 9.47 Å². The maximum Gasteiger partial charge on any atom is 0.266 e. The second-order valence-electron chi connectivity index (χ2n) is 7.42. The molecule has 0 saturated heterocycles. The number of rotatable bonds is 9. The van der Waals surface area contributed by atoms with E-state index in [-0.39, 0.29) is 13.1 Å². The fourth-order valence-electron chi connectivity index (χ4n) is 3.10. The third-order valence-electron chi connectivity index (χ3n) is 4.88. The first-order valence-electron chi connectivity index (χ1n) is 9.87. The minimum absolute atomic E-state index is 0.0754. The number of ether oxygens (including phenoxy) is 2. The van der Waals surface area contributed by atoms with Gasteiger partial charge in [-0.3, -0.25) is 0 Å². The average Bonchev–Trinajstić information content (AvgIpc) is 3.09. The Balaban J connectivity index is 2.02. The SMILES string of the molecule is COc1ccc(CN(Cc2ccc(OC)cc2)S(=O)(=O)c2nn(C(C)C)c(F)c2F)cc1. The van der Waals surface area contributed by atoms with Gasteiger partial charge in [0.15, 0.2) is 0 Å². The third kappa shape index (κ3) is 4.91. The van der Waals surface area contributed by atoms with Crippen LogP contribution in [0.3, 0.4) is 0 Å². The molecule has 10 heteroatoms. The van der Waals surface area contributed by atoms with Crippen LogP contribution in [0.15, 0.2) is 53.6 Å². The lowest BCUT2D eigenvalue weighted by molar-refractivity contribution is 0.388. The monoisotopic (exact) mass is 465 g/mol. The van der Waals surface area contributed by atoms with Crippen LogP contribution in [0, 0.1) is 11.8 Å². The van der Waals surface area contributed by atoms with Crippen molar-refractivity contribution in [2.75, 3.05) is 14.2 Å². The molecule has 0 bridgehead atoms. The molecule has 0 amide bonds. The molecule has 0 N–H and O–H groups in total. The van der Waals surface area contributed by atoms with Crippen molar-refractivity contribution >= 4 is 10.0 Å². The van der Waals surface area contributed by atoms with Gasteiger partial charge in [0.05, 0.1) is 14.2 Å². The van der Waals surface area contributed by atoms with Gasteiger partial charge in [0.25, 0.3) is 10.0 Å². The summed E-state index contributed by atoms with van der Waals surface area (Å²) in [5, 5.41) is 2.80. The summed E-state index contributed by atoms with van der Waals surface area (Å²) in [6.07, 6.45) is 0. The zero-order valence-electron chi connectivity index (χ0n) is 18.2. The molecule has 0 atom stereocenters. The van der Waals surface area contributed by atoms with E-state index in [2.05, 4.69) is 5.10 Å². The van der Waals surface area contributed by atoms with E-state index in [1.165, 1.54) is 14.2 Å². The third-order valence-corrected chi connectivity index (χ3v) is 6.57. The van der Waals surface area contributed by atoms with E-state index in [0.29, 0.717) is 22.6 Å². The van der Waals surface area contributed by atoms with Gasteiger partial charge >= 0.3 is 0 Å². The van der Waals surface area contributed by atoms with Crippen LogP contribution >= 0.6 is 0 Å². The van der Waals surface area contributed by atoms with Crippen molar-refractivity contribution in [2.24, 2.45) is 0 Å². The van der Waals surface area contributed by atoms with E-state index in [0.717, 1.165) is 8.99 Å². The van der Waals surface area contributed by atoms with E-state index in [9.17, 15) is 17.2 Å². The standard InChI is InChI=1S/C22H25F2N3O4S/c1-15(2)27-21(24)20(23)22(25-27)32(28,29)26(13-16-5-9-18(30-3)10-6-16)14-17-7-11-19(31-4)12-8-17/h5-12,15H,13-14H2,1-4H3. The fourth-order valence-corrected chi connectivity index (χ4v) is 4.48. The van der Waals surface area contributed by atoms with Crippen LogP contribution < -0.4 is 9.47 Å². The van der Waals surface area contributed by atoms with Crippen LogP contribution in [-0.4, -0.2) is 36.7 Å². The lowest BCUT2D eigenvalue weighted by Crippen LogP contribution is -2.31. The fraction of sp³-hybridized carbons (Fsp3) is 0.318. The number of halogens is 2. The Morgan fingerprint density at radius 3 is 1.69 bits per heavy atom. The minimum Gasteiger partial charge on any atom is -0.497 e. The molecule has 32 heavy (non-hydrogen) atoms. The number of sulfonamides is 1.